The average molecular weight is 434 g/mol. The van der Waals surface area contributed by atoms with E-state index in [4.69, 9.17) is 10.3 Å². The number of rotatable bonds is 7. The summed E-state index contributed by atoms with van der Waals surface area (Å²) in [6.07, 6.45) is 1.58. The maximum atomic E-state index is 13.1. The van der Waals surface area contributed by atoms with Gasteiger partial charge < -0.3 is 15.6 Å². The van der Waals surface area contributed by atoms with Crippen molar-refractivity contribution in [3.8, 4) is 11.4 Å². The molecular weight excluding hydrogens is 410 g/mol. The minimum Gasteiger partial charge on any atom is -0.469 e. The Morgan fingerprint density at radius 2 is 1.65 bits per heavy atom. The molecule has 0 bridgehead atoms. The molecule has 0 spiro atoms. The minimum atomic E-state index is -0.431. The highest BCUT2D eigenvalue weighted by molar-refractivity contribution is 8.00. The second-order valence-corrected chi connectivity index (χ2v) is 8.40. The lowest BCUT2D eigenvalue weighted by Crippen LogP contribution is -2.35. The van der Waals surface area contributed by atoms with Crippen molar-refractivity contribution < 1.29 is 9.21 Å². The lowest BCUT2D eigenvalue weighted by atomic mass is 9.98. The summed E-state index contributed by atoms with van der Waals surface area (Å²) in [6, 6.07) is 21.3. The average Bonchev–Trinajstić information content (AvgIpc) is 3.38. The zero-order valence-electron chi connectivity index (χ0n) is 17.2. The molecule has 3 N–H and O–H groups in total. The van der Waals surface area contributed by atoms with Crippen molar-refractivity contribution in [3.05, 3.63) is 89.9 Å². The molecule has 0 fully saturated rings. The fourth-order valence-electron chi connectivity index (χ4n) is 3.28. The molecule has 0 radical (unpaired) electrons. The Labute approximate surface area is 184 Å². The molecule has 2 aromatic heterocycles. The first-order valence-electron chi connectivity index (χ1n) is 9.86. The van der Waals surface area contributed by atoms with Gasteiger partial charge in [0.1, 0.15) is 5.76 Å². The molecule has 8 heteroatoms. The number of nitrogens with two attached hydrogens (primary N) is 1. The zero-order chi connectivity index (χ0) is 21.8. The van der Waals surface area contributed by atoms with Crippen LogP contribution < -0.4 is 11.2 Å². The molecule has 0 aliphatic rings. The summed E-state index contributed by atoms with van der Waals surface area (Å²) in [6.45, 7) is 3.66. The number of thioether (sulfide) groups is 1. The van der Waals surface area contributed by atoms with Crippen LogP contribution in [-0.2, 0) is 4.79 Å². The molecule has 1 unspecified atom stereocenters. The predicted molar refractivity (Wildman–Crippen MR) is 121 cm³/mol. The van der Waals surface area contributed by atoms with E-state index in [1.165, 1.54) is 16.4 Å². The predicted octanol–water partition coefficient (Wildman–Crippen LogP) is 3.95. The van der Waals surface area contributed by atoms with Crippen LogP contribution in [0.1, 0.15) is 29.9 Å². The Hall–Kier alpha value is -3.52. The highest BCUT2D eigenvalue weighted by Gasteiger charge is 2.24. The van der Waals surface area contributed by atoms with E-state index < -0.39 is 5.25 Å². The second-order valence-electron chi connectivity index (χ2n) is 7.09. The van der Waals surface area contributed by atoms with Gasteiger partial charge in [-0.1, -0.05) is 72.4 Å². The van der Waals surface area contributed by atoms with E-state index >= 15 is 0 Å². The van der Waals surface area contributed by atoms with E-state index in [2.05, 4.69) is 15.5 Å². The normalized spacial score (nSPS) is 12.1. The number of aryl methyl sites for hydroxylation is 1. The molecule has 7 nitrogen and oxygen atoms in total. The molecule has 4 aromatic rings. The number of carbonyl (C=O) groups excluding carboxylic acids is 1. The summed E-state index contributed by atoms with van der Waals surface area (Å²) >= 11 is 1.26. The van der Waals surface area contributed by atoms with Crippen molar-refractivity contribution in [2.45, 2.75) is 30.3 Å². The Morgan fingerprint density at radius 1 is 1.03 bits per heavy atom. The highest BCUT2D eigenvalue weighted by atomic mass is 32.2. The minimum absolute atomic E-state index is 0.119. The third kappa shape index (κ3) is 4.49. The first-order chi connectivity index (χ1) is 15.0. The van der Waals surface area contributed by atoms with E-state index in [1.807, 2.05) is 74.5 Å². The zero-order valence-corrected chi connectivity index (χ0v) is 18.0. The monoisotopic (exact) mass is 433 g/mol. The smallest absolute Gasteiger partial charge is 0.234 e. The van der Waals surface area contributed by atoms with Crippen molar-refractivity contribution in [3.63, 3.8) is 0 Å². The molecule has 1 atom stereocenters. The van der Waals surface area contributed by atoms with E-state index in [-0.39, 0.29) is 11.9 Å². The third-order valence-electron chi connectivity index (χ3n) is 4.97. The number of benzene rings is 2. The number of carbonyl (C=O) groups is 1. The summed E-state index contributed by atoms with van der Waals surface area (Å²) in [4.78, 5) is 13.1. The lowest BCUT2D eigenvalue weighted by molar-refractivity contribution is -0.120. The van der Waals surface area contributed by atoms with Gasteiger partial charge in [0.15, 0.2) is 5.82 Å². The molecule has 0 saturated carbocycles. The van der Waals surface area contributed by atoms with Gasteiger partial charge in [-0.15, -0.1) is 10.2 Å². The van der Waals surface area contributed by atoms with Crippen molar-refractivity contribution in [2.75, 3.05) is 5.84 Å². The Morgan fingerprint density at radius 3 is 2.19 bits per heavy atom. The fourth-order valence-corrected chi connectivity index (χ4v) is 4.06. The highest BCUT2D eigenvalue weighted by Crippen LogP contribution is 2.28. The Balaban J connectivity index is 1.51. The molecular formula is C23H23N5O2S. The number of nitrogen functional groups attached to an aromatic ring is 1. The number of hydrogen-bond donors (Lipinski definition) is 2. The van der Waals surface area contributed by atoms with Crippen molar-refractivity contribution >= 4 is 17.7 Å². The standard InChI is InChI=1S/C23H23N5O2S/c1-15-19(13-14-30-15)21-26-27-23(28(21)24)31-16(2)22(29)25-20(17-9-5-3-6-10-17)18-11-7-4-8-12-18/h3-14,16,20H,24H2,1-2H3,(H,25,29). The van der Waals surface area contributed by atoms with Crippen molar-refractivity contribution in [1.29, 1.82) is 0 Å². The van der Waals surface area contributed by atoms with Gasteiger partial charge in [-0.2, -0.15) is 0 Å². The van der Waals surface area contributed by atoms with E-state index in [9.17, 15) is 4.79 Å². The molecule has 0 saturated heterocycles. The van der Waals surface area contributed by atoms with Crippen LogP contribution in [-0.4, -0.2) is 26.0 Å². The Bertz CT molecular complexity index is 1120. The number of furan rings is 1. The number of amides is 1. The van der Waals surface area contributed by atoms with Crippen LogP contribution in [0, 0.1) is 6.92 Å². The molecule has 0 aliphatic heterocycles. The maximum absolute atomic E-state index is 13.1. The summed E-state index contributed by atoms with van der Waals surface area (Å²) < 4.78 is 6.71. The van der Waals surface area contributed by atoms with Gasteiger partial charge in [0.25, 0.3) is 0 Å². The first-order valence-corrected chi connectivity index (χ1v) is 10.7. The van der Waals surface area contributed by atoms with E-state index in [0.717, 1.165) is 16.7 Å². The Kier molecular flexibility index (Phi) is 6.08. The van der Waals surface area contributed by atoms with Crippen LogP contribution in [0.3, 0.4) is 0 Å². The molecule has 0 aliphatic carbocycles. The molecule has 158 valence electrons. The van der Waals surface area contributed by atoms with Crippen LogP contribution >= 0.6 is 11.8 Å². The van der Waals surface area contributed by atoms with Crippen LogP contribution in [0.4, 0.5) is 0 Å². The van der Waals surface area contributed by atoms with Gasteiger partial charge >= 0.3 is 0 Å². The number of hydrogen-bond acceptors (Lipinski definition) is 6. The second kappa shape index (κ2) is 9.09. The summed E-state index contributed by atoms with van der Waals surface area (Å²) in [5, 5.41) is 11.5. The lowest BCUT2D eigenvalue weighted by Gasteiger charge is -2.22. The van der Waals surface area contributed by atoms with Gasteiger partial charge in [-0.3, -0.25) is 4.79 Å². The van der Waals surface area contributed by atoms with E-state index in [1.54, 1.807) is 12.3 Å². The molecule has 1 amide bonds. The quantitative estimate of drug-likeness (QED) is 0.338. The largest absolute Gasteiger partial charge is 0.469 e. The summed E-state index contributed by atoms with van der Waals surface area (Å²) in [5.41, 5.74) is 2.80. The topological polar surface area (TPSA) is 99.0 Å². The first kappa shape index (κ1) is 20.7. The number of nitrogens with zero attached hydrogens (tertiary/aromatic N) is 3. The molecule has 4 rings (SSSR count). The number of nitrogens with one attached hydrogen (secondary N) is 1. The molecule has 2 aromatic carbocycles. The summed E-state index contributed by atoms with van der Waals surface area (Å²) in [7, 11) is 0. The van der Waals surface area contributed by atoms with Crippen molar-refractivity contribution in [2.24, 2.45) is 0 Å². The number of aromatic nitrogens is 3. The van der Waals surface area contributed by atoms with Gasteiger partial charge in [0.05, 0.1) is 23.1 Å². The van der Waals surface area contributed by atoms with Crippen LogP contribution in [0.5, 0.6) is 0 Å². The third-order valence-corrected chi connectivity index (χ3v) is 6.02. The van der Waals surface area contributed by atoms with Crippen molar-refractivity contribution in [1.82, 2.24) is 20.2 Å². The van der Waals surface area contributed by atoms with Gasteiger partial charge in [0, 0.05) is 0 Å². The maximum Gasteiger partial charge on any atom is 0.234 e. The SMILES string of the molecule is Cc1occc1-c1nnc(SC(C)C(=O)NC(c2ccccc2)c2ccccc2)n1N. The van der Waals surface area contributed by atoms with Crippen LogP contribution in [0.25, 0.3) is 11.4 Å². The van der Waals surface area contributed by atoms with Crippen LogP contribution in [0.15, 0.2) is 82.6 Å². The van der Waals surface area contributed by atoms with Gasteiger partial charge in [-0.25, -0.2) is 4.68 Å². The van der Waals surface area contributed by atoms with Gasteiger partial charge in [-0.05, 0) is 31.0 Å². The molecule has 2 heterocycles. The van der Waals surface area contributed by atoms with Gasteiger partial charge in [0.2, 0.25) is 11.1 Å². The van der Waals surface area contributed by atoms with E-state index in [0.29, 0.717) is 16.7 Å². The fraction of sp³-hybridized carbons (Fsp3) is 0.174. The molecule has 31 heavy (non-hydrogen) atoms. The van der Waals surface area contributed by atoms with Crippen LogP contribution in [0.2, 0.25) is 0 Å². The summed E-state index contributed by atoms with van der Waals surface area (Å²) in [5.74, 6) is 7.27.